The highest BCUT2D eigenvalue weighted by Gasteiger charge is 2.19. The van der Waals surface area contributed by atoms with Gasteiger partial charge in [-0.25, -0.2) is 4.98 Å². The van der Waals surface area contributed by atoms with Crippen LogP contribution in [0.3, 0.4) is 0 Å². The van der Waals surface area contributed by atoms with E-state index in [4.69, 9.17) is 0 Å². The molecule has 0 aromatic carbocycles. The molecule has 0 saturated carbocycles. The van der Waals surface area contributed by atoms with E-state index in [0.717, 1.165) is 17.4 Å². The van der Waals surface area contributed by atoms with E-state index < -0.39 is 0 Å². The molecule has 11 heavy (non-hydrogen) atoms. The van der Waals surface area contributed by atoms with Crippen molar-refractivity contribution in [2.24, 2.45) is 0 Å². The van der Waals surface area contributed by atoms with Gasteiger partial charge in [0.05, 0.1) is 6.04 Å². The quantitative estimate of drug-likeness (QED) is 0.688. The number of aryl methyl sites for hydroxylation is 1. The summed E-state index contributed by atoms with van der Waals surface area (Å²) in [5, 5.41) is 4.43. The van der Waals surface area contributed by atoms with E-state index in [-0.39, 0.29) is 0 Å². The Morgan fingerprint density at radius 3 is 3.09 bits per heavy atom. The van der Waals surface area contributed by atoms with Crippen molar-refractivity contribution in [1.82, 2.24) is 14.7 Å². The van der Waals surface area contributed by atoms with Gasteiger partial charge in [-0.1, -0.05) is 0 Å². The zero-order valence-electron chi connectivity index (χ0n) is 6.50. The second-order valence-corrected chi connectivity index (χ2v) is 3.78. The molecule has 1 aliphatic rings. The Kier molecular flexibility index (Phi) is 1.87. The zero-order valence-corrected chi connectivity index (χ0v) is 7.32. The lowest BCUT2D eigenvalue weighted by atomic mass is 10.2. The van der Waals surface area contributed by atoms with Crippen molar-refractivity contribution in [3.05, 3.63) is 10.8 Å². The molecule has 0 unspecified atom stereocenters. The molecule has 0 spiro atoms. The molecule has 0 amide bonds. The smallest absolute Gasteiger partial charge is 0.159 e. The molecule has 0 bridgehead atoms. The van der Waals surface area contributed by atoms with Gasteiger partial charge >= 0.3 is 0 Å². The van der Waals surface area contributed by atoms with Gasteiger partial charge < -0.3 is 5.32 Å². The fourth-order valence-corrected chi connectivity index (χ4v) is 1.89. The van der Waals surface area contributed by atoms with Crippen LogP contribution in [0, 0.1) is 6.92 Å². The molecule has 60 valence electrons. The van der Waals surface area contributed by atoms with Gasteiger partial charge in [0.25, 0.3) is 0 Å². The summed E-state index contributed by atoms with van der Waals surface area (Å²) < 4.78 is 4.27. The van der Waals surface area contributed by atoms with Crippen LogP contribution in [0.4, 0.5) is 0 Å². The lowest BCUT2D eigenvalue weighted by Gasteiger charge is -2.02. The van der Waals surface area contributed by atoms with Crippen LogP contribution in [0.25, 0.3) is 0 Å². The fraction of sp³-hybridized carbons (Fsp3) is 0.714. The summed E-state index contributed by atoms with van der Waals surface area (Å²) in [7, 11) is 0. The monoisotopic (exact) mass is 169 g/mol. The highest BCUT2D eigenvalue weighted by molar-refractivity contribution is 7.05. The van der Waals surface area contributed by atoms with Crippen LogP contribution in [0.15, 0.2) is 0 Å². The first-order chi connectivity index (χ1) is 5.36. The van der Waals surface area contributed by atoms with E-state index >= 15 is 0 Å². The summed E-state index contributed by atoms with van der Waals surface area (Å²) in [6, 6.07) is 0.431. The molecule has 1 aromatic heterocycles. The topological polar surface area (TPSA) is 37.8 Å². The molecular formula is C7H11N3S. The molecule has 1 aromatic rings. The molecule has 0 aliphatic carbocycles. The van der Waals surface area contributed by atoms with Crippen molar-refractivity contribution in [2.75, 3.05) is 6.54 Å². The van der Waals surface area contributed by atoms with Gasteiger partial charge in [-0.15, -0.1) is 0 Å². The minimum absolute atomic E-state index is 0.431. The molecule has 1 fully saturated rings. The molecule has 0 radical (unpaired) electrons. The van der Waals surface area contributed by atoms with Crippen LogP contribution in [0.5, 0.6) is 0 Å². The van der Waals surface area contributed by atoms with Gasteiger partial charge in [0.1, 0.15) is 5.01 Å². The Morgan fingerprint density at radius 2 is 2.55 bits per heavy atom. The maximum absolute atomic E-state index is 4.34. The summed E-state index contributed by atoms with van der Waals surface area (Å²) in [5.41, 5.74) is 0. The molecule has 1 atom stereocenters. The minimum Gasteiger partial charge on any atom is -0.307 e. The molecule has 2 rings (SSSR count). The summed E-state index contributed by atoms with van der Waals surface area (Å²) in [6.07, 6.45) is 2.44. The Bertz CT molecular complexity index is 240. The summed E-state index contributed by atoms with van der Waals surface area (Å²) in [4.78, 5) is 4.34. The van der Waals surface area contributed by atoms with E-state index in [2.05, 4.69) is 14.7 Å². The predicted molar refractivity (Wildman–Crippen MR) is 44.6 cm³/mol. The minimum atomic E-state index is 0.431. The third-order valence-electron chi connectivity index (χ3n) is 1.92. The highest BCUT2D eigenvalue weighted by atomic mass is 32.1. The van der Waals surface area contributed by atoms with Gasteiger partial charge in [0.15, 0.2) is 5.82 Å². The number of hydrogen-bond donors (Lipinski definition) is 1. The predicted octanol–water partition coefficient (Wildman–Crippen LogP) is 1.27. The van der Waals surface area contributed by atoms with Crippen LogP contribution in [-0.4, -0.2) is 15.9 Å². The number of nitrogens with zero attached hydrogens (tertiary/aromatic N) is 2. The van der Waals surface area contributed by atoms with Crippen LogP contribution in [0.2, 0.25) is 0 Å². The number of rotatable bonds is 1. The van der Waals surface area contributed by atoms with Gasteiger partial charge in [-0.3, -0.25) is 0 Å². The first-order valence-corrected chi connectivity index (χ1v) is 4.67. The van der Waals surface area contributed by atoms with Crippen molar-refractivity contribution in [3.8, 4) is 0 Å². The highest BCUT2D eigenvalue weighted by Crippen LogP contribution is 2.20. The Labute approximate surface area is 70.0 Å². The number of hydrogen-bond acceptors (Lipinski definition) is 4. The maximum Gasteiger partial charge on any atom is 0.159 e. The van der Waals surface area contributed by atoms with Crippen molar-refractivity contribution in [1.29, 1.82) is 0 Å². The van der Waals surface area contributed by atoms with Crippen molar-refractivity contribution < 1.29 is 0 Å². The normalized spacial score (nSPS) is 24.3. The van der Waals surface area contributed by atoms with Crippen LogP contribution < -0.4 is 5.32 Å². The molecule has 1 saturated heterocycles. The standard InChI is InChI=1S/C7H11N3S/c1-5-9-7(10-11-5)6-3-2-4-8-6/h6,8H,2-4H2,1H3/t6-/m0/s1. The molecular weight excluding hydrogens is 158 g/mol. The maximum atomic E-state index is 4.34. The van der Waals surface area contributed by atoms with E-state index in [9.17, 15) is 0 Å². The average molecular weight is 169 g/mol. The Hall–Kier alpha value is -0.480. The third-order valence-corrected chi connectivity index (χ3v) is 2.55. The molecule has 4 heteroatoms. The zero-order chi connectivity index (χ0) is 7.68. The van der Waals surface area contributed by atoms with Crippen LogP contribution in [0.1, 0.15) is 29.7 Å². The molecule has 1 aliphatic heterocycles. The second kappa shape index (κ2) is 2.87. The third kappa shape index (κ3) is 1.41. The second-order valence-electron chi connectivity index (χ2n) is 2.82. The first kappa shape index (κ1) is 7.18. The molecule has 2 heterocycles. The van der Waals surface area contributed by atoms with Crippen molar-refractivity contribution >= 4 is 11.5 Å². The summed E-state index contributed by atoms with van der Waals surface area (Å²) in [6.45, 7) is 3.11. The van der Waals surface area contributed by atoms with Crippen molar-refractivity contribution in [3.63, 3.8) is 0 Å². The summed E-state index contributed by atoms with van der Waals surface area (Å²) >= 11 is 1.49. The average Bonchev–Trinajstić information content (AvgIpc) is 2.55. The first-order valence-electron chi connectivity index (χ1n) is 3.90. The largest absolute Gasteiger partial charge is 0.307 e. The van der Waals surface area contributed by atoms with Crippen molar-refractivity contribution in [2.45, 2.75) is 25.8 Å². The SMILES string of the molecule is Cc1nc([C@@H]2CCCN2)ns1. The number of nitrogens with one attached hydrogen (secondary N) is 1. The summed E-state index contributed by atoms with van der Waals surface area (Å²) in [5.74, 6) is 0.991. The van der Waals surface area contributed by atoms with Gasteiger partial charge in [-0.2, -0.15) is 4.37 Å². The van der Waals surface area contributed by atoms with E-state index in [1.807, 2.05) is 6.92 Å². The number of aromatic nitrogens is 2. The Morgan fingerprint density at radius 1 is 1.64 bits per heavy atom. The fourth-order valence-electron chi connectivity index (χ4n) is 1.36. The molecule has 1 N–H and O–H groups in total. The molecule has 3 nitrogen and oxygen atoms in total. The van der Waals surface area contributed by atoms with Gasteiger partial charge in [0.2, 0.25) is 0 Å². The van der Waals surface area contributed by atoms with E-state index in [1.165, 1.54) is 24.4 Å². The Balaban J connectivity index is 2.15. The van der Waals surface area contributed by atoms with Gasteiger partial charge in [-0.05, 0) is 37.8 Å². The van der Waals surface area contributed by atoms with Crippen LogP contribution >= 0.6 is 11.5 Å². The van der Waals surface area contributed by atoms with Crippen LogP contribution in [-0.2, 0) is 0 Å². The lowest BCUT2D eigenvalue weighted by molar-refractivity contribution is 0.613. The van der Waals surface area contributed by atoms with Gasteiger partial charge in [0, 0.05) is 0 Å². The lowest BCUT2D eigenvalue weighted by Crippen LogP contribution is -2.13. The van der Waals surface area contributed by atoms with E-state index in [1.54, 1.807) is 0 Å². The van der Waals surface area contributed by atoms with E-state index in [0.29, 0.717) is 6.04 Å².